The van der Waals surface area contributed by atoms with Crippen LogP contribution in [0, 0.1) is 5.82 Å². The molecule has 24 heavy (non-hydrogen) atoms. The molecule has 4 heteroatoms. The lowest BCUT2D eigenvalue weighted by atomic mass is 9.84. The first-order valence-corrected chi connectivity index (χ1v) is 8.42. The van der Waals surface area contributed by atoms with Crippen molar-refractivity contribution in [3.8, 4) is 11.1 Å². The van der Waals surface area contributed by atoms with Crippen LogP contribution in [0.4, 0.5) is 4.39 Å². The number of carbonyl (C=O) groups is 1. The van der Waals surface area contributed by atoms with Crippen molar-refractivity contribution in [1.29, 1.82) is 0 Å². The molecule has 1 aliphatic carbocycles. The van der Waals surface area contributed by atoms with Gasteiger partial charge in [-0.2, -0.15) is 0 Å². The number of aromatic nitrogens is 1. The summed E-state index contributed by atoms with van der Waals surface area (Å²) in [5.41, 5.74) is 5.19. The van der Waals surface area contributed by atoms with Gasteiger partial charge >= 0.3 is 5.97 Å². The van der Waals surface area contributed by atoms with Gasteiger partial charge in [-0.05, 0) is 54.9 Å². The van der Waals surface area contributed by atoms with Crippen LogP contribution in [0.5, 0.6) is 0 Å². The Bertz CT molecular complexity index is 766. The third-order valence-electron chi connectivity index (χ3n) is 4.57. The predicted octanol–water partition coefficient (Wildman–Crippen LogP) is 4.68. The number of aryl methyl sites for hydroxylation is 1. The molecule has 1 heterocycles. The lowest BCUT2D eigenvalue weighted by Crippen LogP contribution is -2.18. The third kappa shape index (κ3) is 2.93. The molecule has 0 bridgehead atoms. The largest absolute Gasteiger partial charge is 0.465 e. The van der Waals surface area contributed by atoms with E-state index >= 15 is 0 Å². The third-order valence-corrected chi connectivity index (χ3v) is 4.57. The van der Waals surface area contributed by atoms with Crippen molar-refractivity contribution in [2.75, 3.05) is 7.11 Å². The first-order chi connectivity index (χ1) is 11.5. The molecule has 0 spiro atoms. The monoisotopic (exact) mass is 327 g/mol. The number of esters is 1. The summed E-state index contributed by atoms with van der Waals surface area (Å²) in [5, 5.41) is 0. The summed E-state index contributed by atoms with van der Waals surface area (Å²) in [5.74, 6) is -0.560. The van der Waals surface area contributed by atoms with Crippen molar-refractivity contribution in [2.45, 2.75) is 45.4 Å². The minimum absolute atomic E-state index is 0.102. The second kappa shape index (κ2) is 6.71. The molecule has 0 N–H and O–H groups in total. The maximum Gasteiger partial charge on any atom is 0.340 e. The number of ether oxygens (including phenoxy) is 1. The molecule has 3 nitrogen and oxygen atoms in total. The van der Waals surface area contributed by atoms with E-state index in [0.29, 0.717) is 5.56 Å². The number of methoxy groups -OCH3 is 1. The van der Waals surface area contributed by atoms with Crippen LogP contribution in [-0.4, -0.2) is 18.1 Å². The van der Waals surface area contributed by atoms with Gasteiger partial charge in [0.15, 0.2) is 0 Å². The van der Waals surface area contributed by atoms with Crippen LogP contribution in [0.1, 0.15) is 59.9 Å². The van der Waals surface area contributed by atoms with E-state index in [-0.39, 0.29) is 17.7 Å². The topological polar surface area (TPSA) is 39.2 Å². The molecule has 1 aromatic carbocycles. The van der Waals surface area contributed by atoms with E-state index in [4.69, 9.17) is 9.72 Å². The Morgan fingerprint density at radius 3 is 2.46 bits per heavy atom. The normalized spacial score (nSPS) is 13.7. The number of nitrogens with zero attached hydrogens (tertiary/aromatic N) is 1. The zero-order valence-corrected chi connectivity index (χ0v) is 14.4. The van der Waals surface area contributed by atoms with Gasteiger partial charge in [0.25, 0.3) is 0 Å². The average molecular weight is 327 g/mol. The number of hydrogen-bond acceptors (Lipinski definition) is 3. The predicted molar refractivity (Wildman–Crippen MR) is 91.7 cm³/mol. The number of halogens is 1. The molecule has 126 valence electrons. The van der Waals surface area contributed by atoms with E-state index in [1.807, 2.05) is 13.8 Å². The summed E-state index contributed by atoms with van der Waals surface area (Å²) in [6.45, 7) is 4.05. The molecule has 3 rings (SSSR count). The van der Waals surface area contributed by atoms with Crippen LogP contribution >= 0.6 is 0 Å². The quantitative estimate of drug-likeness (QED) is 0.769. The summed E-state index contributed by atoms with van der Waals surface area (Å²) in [6, 6.07) is 6.33. The molecule has 1 aromatic heterocycles. The Kier molecular flexibility index (Phi) is 4.65. The van der Waals surface area contributed by atoms with E-state index in [9.17, 15) is 9.18 Å². The molecule has 0 saturated carbocycles. The van der Waals surface area contributed by atoms with Crippen LogP contribution in [0.25, 0.3) is 11.1 Å². The molecule has 0 radical (unpaired) electrons. The first-order valence-electron chi connectivity index (χ1n) is 8.42. The highest BCUT2D eigenvalue weighted by Crippen LogP contribution is 2.37. The van der Waals surface area contributed by atoms with Gasteiger partial charge in [-0.1, -0.05) is 26.0 Å². The maximum atomic E-state index is 13.4. The molecule has 0 saturated heterocycles. The molecule has 0 amide bonds. The van der Waals surface area contributed by atoms with Gasteiger partial charge < -0.3 is 4.74 Å². The summed E-state index contributed by atoms with van der Waals surface area (Å²) in [7, 11) is 1.39. The Morgan fingerprint density at radius 1 is 1.17 bits per heavy atom. The average Bonchev–Trinajstić information content (AvgIpc) is 2.60. The fraction of sp³-hybridized carbons (Fsp3) is 0.400. The van der Waals surface area contributed by atoms with Gasteiger partial charge in [-0.25, -0.2) is 9.18 Å². The highest BCUT2D eigenvalue weighted by molar-refractivity contribution is 5.99. The van der Waals surface area contributed by atoms with E-state index < -0.39 is 0 Å². The lowest BCUT2D eigenvalue weighted by molar-refractivity contribution is 0.0599. The molecular formula is C20H22FNO2. The van der Waals surface area contributed by atoms with E-state index in [2.05, 4.69) is 0 Å². The van der Waals surface area contributed by atoms with Crippen LogP contribution in [0.2, 0.25) is 0 Å². The number of benzene rings is 1. The lowest BCUT2D eigenvalue weighted by Gasteiger charge is -2.24. The molecule has 1 aliphatic rings. The summed E-state index contributed by atoms with van der Waals surface area (Å²) in [6.07, 6.45) is 3.99. The standard InChI is InChI=1S/C20H22FNO2/c1-12(2)19-18(20(23)24-3)17(13-8-10-14(21)11-9-13)15-6-4-5-7-16(15)22-19/h8-12H,4-7H2,1-3H3. The highest BCUT2D eigenvalue weighted by Gasteiger charge is 2.28. The van der Waals surface area contributed by atoms with E-state index in [0.717, 1.165) is 53.8 Å². The Hall–Kier alpha value is -2.23. The molecule has 0 aliphatic heterocycles. The Labute approximate surface area is 141 Å². The summed E-state index contributed by atoms with van der Waals surface area (Å²) < 4.78 is 18.4. The number of pyridine rings is 1. The van der Waals surface area contributed by atoms with Crippen LogP contribution < -0.4 is 0 Å². The maximum absolute atomic E-state index is 13.4. The van der Waals surface area contributed by atoms with Gasteiger partial charge in [0.05, 0.1) is 18.4 Å². The van der Waals surface area contributed by atoms with Gasteiger partial charge in [-0.3, -0.25) is 4.98 Å². The summed E-state index contributed by atoms with van der Waals surface area (Å²) in [4.78, 5) is 17.4. The fourth-order valence-electron chi connectivity index (χ4n) is 3.42. The second-order valence-electron chi connectivity index (χ2n) is 6.53. The Balaban J connectivity index is 2.35. The molecule has 0 atom stereocenters. The van der Waals surface area contributed by atoms with Crippen LogP contribution in [-0.2, 0) is 17.6 Å². The van der Waals surface area contributed by atoms with Crippen molar-refractivity contribution in [3.05, 3.63) is 52.6 Å². The minimum atomic E-state index is -0.376. The smallest absolute Gasteiger partial charge is 0.340 e. The van der Waals surface area contributed by atoms with Crippen molar-refractivity contribution in [1.82, 2.24) is 4.98 Å². The highest BCUT2D eigenvalue weighted by atomic mass is 19.1. The molecule has 2 aromatic rings. The number of carbonyl (C=O) groups excluding carboxylic acids is 1. The minimum Gasteiger partial charge on any atom is -0.465 e. The Morgan fingerprint density at radius 2 is 1.83 bits per heavy atom. The van der Waals surface area contributed by atoms with Gasteiger partial charge in [0.1, 0.15) is 5.82 Å². The van der Waals surface area contributed by atoms with Gasteiger partial charge in [0, 0.05) is 11.3 Å². The second-order valence-corrected chi connectivity index (χ2v) is 6.53. The van der Waals surface area contributed by atoms with Gasteiger partial charge in [0.2, 0.25) is 0 Å². The van der Waals surface area contributed by atoms with Crippen molar-refractivity contribution in [2.24, 2.45) is 0 Å². The van der Waals surface area contributed by atoms with Crippen LogP contribution in [0.3, 0.4) is 0 Å². The van der Waals surface area contributed by atoms with Crippen molar-refractivity contribution in [3.63, 3.8) is 0 Å². The van der Waals surface area contributed by atoms with Crippen molar-refractivity contribution < 1.29 is 13.9 Å². The zero-order chi connectivity index (χ0) is 17.3. The molecule has 0 unspecified atom stereocenters. The summed E-state index contributed by atoms with van der Waals surface area (Å²) >= 11 is 0. The van der Waals surface area contributed by atoms with Crippen LogP contribution in [0.15, 0.2) is 24.3 Å². The number of fused-ring (bicyclic) bond motifs is 1. The van der Waals surface area contributed by atoms with Gasteiger partial charge in [-0.15, -0.1) is 0 Å². The molecule has 0 fully saturated rings. The fourth-order valence-corrected chi connectivity index (χ4v) is 3.42. The van der Waals surface area contributed by atoms with E-state index in [1.54, 1.807) is 12.1 Å². The SMILES string of the molecule is COC(=O)c1c(C(C)C)nc2c(c1-c1ccc(F)cc1)CCCC2. The number of rotatable bonds is 3. The van der Waals surface area contributed by atoms with E-state index in [1.165, 1.54) is 19.2 Å². The number of hydrogen-bond donors (Lipinski definition) is 0. The first kappa shape index (κ1) is 16.6. The zero-order valence-electron chi connectivity index (χ0n) is 14.4. The molecular weight excluding hydrogens is 305 g/mol. The van der Waals surface area contributed by atoms with Crippen molar-refractivity contribution >= 4 is 5.97 Å².